The van der Waals surface area contributed by atoms with E-state index < -0.39 is 0 Å². The van der Waals surface area contributed by atoms with E-state index in [9.17, 15) is 0 Å². The number of aromatic nitrogens is 2. The molecule has 3 nitrogen and oxygen atoms in total. The molecule has 0 aliphatic carbocycles. The largest absolute Gasteiger partial charge is 0.311 e. The zero-order valence-corrected chi connectivity index (χ0v) is 11.0. The summed E-state index contributed by atoms with van der Waals surface area (Å²) in [5.74, 6) is 0. The molecule has 0 atom stereocenters. The summed E-state index contributed by atoms with van der Waals surface area (Å²) in [5.41, 5.74) is 2.68. The van der Waals surface area contributed by atoms with Crippen molar-refractivity contribution in [2.45, 2.75) is 32.9 Å². The van der Waals surface area contributed by atoms with Gasteiger partial charge in [0.05, 0.1) is 5.69 Å². The Morgan fingerprint density at radius 1 is 1.17 bits per heavy atom. The lowest BCUT2D eigenvalue weighted by Crippen LogP contribution is -2.18. The van der Waals surface area contributed by atoms with Crippen LogP contribution in [0.4, 0.5) is 0 Å². The predicted octanol–water partition coefficient (Wildman–Crippen LogP) is 2.63. The van der Waals surface area contributed by atoms with E-state index in [0.29, 0.717) is 0 Å². The normalized spacial score (nSPS) is 10.7. The molecule has 0 fully saturated rings. The molecule has 0 spiro atoms. The lowest BCUT2D eigenvalue weighted by Gasteiger charge is -2.06. The highest BCUT2D eigenvalue weighted by Crippen LogP contribution is 2.02. The Kier molecular flexibility index (Phi) is 4.97. The van der Waals surface area contributed by atoms with Crippen molar-refractivity contribution in [1.29, 1.82) is 0 Å². The maximum atomic E-state index is 4.26. The second-order valence-corrected chi connectivity index (χ2v) is 4.40. The van der Waals surface area contributed by atoms with Gasteiger partial charge in [-0.05, 0) is 37.9 Å². The van der Waals surface area contributed by atoms with Crippen LogP contribution in [0.3, 0.4) is 0 Å². The van der Waals surface area contributed by atoms with Gasteiger partial charge in [0.2, 0.25) is 0 Å². The third-order valence-electron chi connectivity index (χ3n) is 3.07. The molecule has 0 bridgehead atoms. The van der Waals surface area contributed by atoms with Crippen molar-refractivity contribution in [3.05, 3.63) is 53.9 Å². The second kappa shape index (κ2) is 6.97. The topological polar surface area (TPSA) is 29.9 Å². The predicted molar refractivity (Wildman–Crippen MR) is 74.4 cm³/mol. The van der Waals surface area contributed by atoms with E-state index in [-0.39, 0.29) is 0 Å². The summed E-state index contributed by atoms with van der Waals surface area (Å²) < 4.78 is 2.03. The fourth-order valence-electron chi connectivity index (χ4n) is 2.07. The highest BCUT2D eigenvalue weighted by atomic mass is 15.3. The molecule has 3 heteroatoms. The molecule has 96 valence electrons. The van der Waals surface area contributed by atoms with Gasteiger partial charge in [0, 0.05) is 19.3 Å². The van der Waals surface area contributed by atoms with E-state index in [1.165, 1.54) is 17.7 Å². The SMILES string of the molecule is CCn1nccc1CNCCCc1ccccc1. The maximum Gasteiger partial charge on any atom is 0.0521 e. The van der Waals surface area contributed by atoms with Crippen LogP contribution in [0, 0.1) is 0 Å². The monoisotopic (exact) mass is 243 g/mol. The highest BCUT2D eigenvalue weighted by molar-refractivity contribution is 5.14. The van der Waals surface area contributed by atoms with Crippen LogP contribution in [-0.4, -0.2) is 16.3 Å². The Morgan fingerprint density at radius 3 is 2.78 bits per heavy atom. The van der Waals surface area contributed by atoms with Gasteiger partial charge in [0.15, 0.2) is 0 Å². The summed E-state index contributed by atoms with van der Waals surface area (Å²) >= 11 is 0. The Labute approximate surface area is 109 Å². The van der Waals surface area contributed by atoms with Crippen molar-refractivity contribution in [1.82, 2.24) is 15.1 Å². The average molecular weight is 243 g/mol. The van der Waals surface area contributed by atoms with Gasteiger partial charge >= 0.3 is 0 Å². The molecule has 0 aliphatic heterocycles. The molecule has 0 saturated carbocycles. The smallest absolute Gasteiger partial charge is 0.0521 e. The van der Waals surface area contributed by atoms with Crippen molar-refractivity contribution in [2.24, 2.45) is 0 Å². The van der Waals surface area contributed by atoms with Crippen molar-refractivity contribution in [3.8, 4) is 0 Å². The average Bonchev–Trinajstić information content (AvgIpc) is 2.87. The molecule has 0 unspecified atom stereocenters. The third-order valence-corrected chi connectivity index (χ3v) is 3.07. The molecule has 2 rings (SSSR count). The summed E-state index contributed by atoms with van der Waals surface area (Å²) in [5, 5.41) is 7.73. The summed E-state index contributed by atoms with van der Waals surface area (Å²) in [7, 11) is 0. The van der Waals surface area contributed by atoms with Gasteiger partial charge in [-0.1, -0.05) is 30.3 Å². The molecule has 18 heavy (non-hydrogen) atoms. The Bertz CT molecular complexity index is 448. The van der Waals surface area contributed by atoms with Gasteiger partial charge in [-0.3, -0.25) is 4.68 Å². The van der Waals surface area contributed by atoms with Crippen LogP contribution in [0.1, 0.15) is 24.6 Å². The van der Waals surface area contributed by atoms with Crippen molar-refractivity contribution < 1.29 is 0 Å². The van der Waals surface area contributed by atoms with Crippen LogP contribution in [0.5, 0.6) is 0 Å². The minimum Gasteiger partial charge on any atom is -0.311 e. The highest BCUT2D eigenvalue weighted by Gasteiger charge is 1.99. The van der Waals surface area contributed by atoms with Gasteiger partial charge in [0.25, 0.3) is 0 Å². The van der Waals surface area contributed by atoms with Crippen LogP contribution in [0.15, 0.2) is 42.6 Å². The van der Waals surface area contributed by atoms with Crippen molar-refractivity contribution >= 4 is 0 Å². The molecule has 2 aromatic rings. The van der Waals surface area contributed by atoms with Crippen LogP contribution in [-0.2, 0) is 19.5 Å². The van der Waals surface area contributed by atoms with Crippen molar-refractivity contribution in [2.75, 3.05) is 6.54 Å². The standard InChI is InChI=1S/C15H21N3/c1-2-18-15(10-12-17-18)13-16-11-6-9-14-7-4-3-5-8-14/h3-5,7-8,10,12,16H,2,6,9,11,13H2,1H3. The van der Waals surface area contributed by atoms with Crippen molar-refractivity contribution in [3.63, 3.8) is 0 Å². The van der Waals surface area contributed by atoms with E-state index in [1.807, 2.05) is 10.9 Å². The molecule has 0 radical (unpaired) electrons. The number of rotatable bonds is 7. The van der Waals surface area contributed by atoms with E-state index in [2.05, 4.69) is 53.7 Å². The van der Waals surface area contributed by atoms with Gasteiger partial charge in [-0.15, -0.1) is 0 Å². The Balaban J connectivity index is 1.65. The zero-order valence-electron chi connectivity index (χ0n) is 11.0. The maximum absolute atomic E-state index is 4.26. The summed E-state index contributed by atoms with van der Waals surface area (Å²) in [6.07, 6.45) is 4.18. The van der Waals surface area contributed by atoms with Crippen LogP contribution >= 0.6 is 0 Å². The summed E-state index contributed by atoms with van der Waals surface area (Å²) in [6.45, 7) is 5.01. The van der Waals surface area contributed by atoms with Gasteiger partial charge in [0.1, 0.15) is 0 Å². The van der Waals surface area contributed by atoms with E-state index >= 15 is 0 Å². The Morgan fingerprint density at radius 2 is 2.00 bits per heavy atom. The molecule has 1 N–H and O–H groups in total. The van der Waals surface area contributed by atoms with Gasteiger partial charge < -0.3 is 5.32 Å². The van der Waals surface area contributed by atoms with Gasteiger partial charge in [-0.25, -0.2) is 0 Å². The van der Waals surface area contributed by atoms with E-state index in [0.717, 1.165) is 26.1 Å². The quantitative estimate of drug-likeness (QED) is 0.758. The minimum absolute atomic E-state index is 0.905. The minimum atomic E-state index is 0.905. The Hall–Kier alpha value is -1.61. The molecular weight excluding hydrogens is 222 g/mol. The van der Waals surface area contributed by atoms with Gasteiger partial charge in [-0.2, -0.15) is 5.10 Å². The van der Waals surface area contributed by atoms with Crippen LogP contribution in [0.2, 0.25) is 0 Å². The first kappa shape index (κ1) is 12.8. The first-order valence-electron chi connectivity index (χ1n) is 6.65. The summed E-state index contributed by atoms with van der Waals surface area (Å²) in [6, 6.07) is 12.7. The molecular formula is C15H21N3. The number of nitrogens with zero attached hydrogens (tertiary/aromatic N) is 2. The number of aryl methyl sites for hydroxylation is 2. The van der Waals surface area contributed by atoms with E-state index in [4.69, 9.17) is 0 Å². The first-order valence-corrected chi connectivity index (χ1v) is 6.65. The fraction of sp³-hybridized carbons (Fsp3) is 0.400. The molecule has 1 aromatic heterocycles. The number of nitrogens with one attached hydrogen (secondary N) is 1. The molecule has 1 aromatic carbocycles. The lowest BCUT2D eigenvalue weighted by molar-refractivity contribution is 0.573. The number of hydrogen-bond acceptors (Lipinski definition) is 2. The molecule has 0 aliphatic rings. The zero-order chi connectivity index (χ0) is 12.6. The number of hydrogen-bond donors (Lipinski definition) is 1. The summed E-state index contributed by atoms with van der Waals surface area (Å²) in [4.78, 5) is 0. The second-order valence-electron chi connectivity index (χ2n) is 4.40. The first-order chi connectivity index (χ1) is 8.90. The molecule has 1 heterocycles. The van der Waals surface area contributed by atoms with Crippen LogP contribution < -0.4 is 5.32 Å². The molecule has 0 amide bonds. The fourth-order valence-corrected chi connectivity index (χ4v) is 2.07. The van der Waals surface area contributed by atoms with E-state index in [1.54, 1.807) is 0 Å². The van der Waals surface area contributed by atoms with Crippen LogP contribution in [0.25, 0.3) is 0 Å². The third kappa shape index (κ3) is 3.70. The molecule has 0 saturated heterocycles. The number of benzene rings is 1. The lowest BCUT2D eigenvalue weighted by atomic mass is 10.1.